The first-order chi connectivity index (χ1) is 14.2. The number of anilines is 1. The maximum absolute atomic E-state index is 13.0. The maximum atomic E-state index is 13.0. The predicted octanol–water partition coefficient (Wildman–Crippen LogP) is 3.96. The van der Waals surface area contributed by atoms with Crippen molar-refractivity contribution >= 4 is 23.6 Å². The van der Waals surface area contributed by atoms with Gasteiger partial charge in [-0.15, -0.1) is 0 Å². The molecule has 0 bridgehead atoms. The molecular formula is C24H20N2O3. The molecule has 0 fully saturated rings. The molecule has 144 valence electrons. The van der Waals surface area contributed by atoms with Crippen molar-refractivity contribution in [3.05, 3.63) is 102 Å². The summed E-state index contributed by atoms with van der Waals surface area (Å²) in [6.45, 7) is 0.157. The van der Waals surface area contributed by atoms with E-state index in [4.69, 9.17) is 4.74 Å². The van der Waals surface area contributed by atoms with E-state index in [1.165, 1.54) is 0 Å². The molecule has 5 heteroatoms. The highest BCUT2D eigenvalue weighted by atomic mass is 16.5. The Morgan fingerprint density at radius 2 is 1.48 bits per heavy atom. The van der Waals surface area contributed by atoms with Crippen LogP contribution < -0.4 is 15.4 Å². The monoisotopic (exact) mass is 384 g/mol. The van der Waals surface area contributed by atoms with Crippen molar-refractivity contribution in [1.82, 2.24) is 5.32 Å². The smallest absolute Gasteiger partial charge is 0.251 e. The van der Waals surface area contributed by atoms with E-state index in [2.05, 4.69) is 10.6 Å². The zero-order valence-corrected chi connectivity index (χ0v) is 15.7. The fraction of sp³-hybridized carbons (Fsp3) is 0.0833. The van der Waals surface area contributed by atoms with Gasteiger partial charge in [-0.2, -0.15) is 0 Å². The van der Waals surface area contributed by atoms with Crippen molar-refractivity contribution in [2.45, 2.75) is 6.04 Å². The van der Waals surface area contributed by atoms with Gasteiger partial charge in [-0.25, -0.2) is 0 Å². The standard InChI is InChI=1S/C24H20N2O3/c27-23(19-15-18-11-7-8-14-21(18)29-16-19)26-22(17-9-3-1-4-10-17)24(28)25-20-12-5-2-6-13-20/h1-15,22H,16H2,(H,25,28)(H,26,27). The Morgan fingerprint density at radius 3 is 2.24 bits per heavy atom. The summed E-state index contributed by atoms with van der Waals surface area (Å²) in [5.74, 6) is 0.0931. The highest BCUT2D eigenvalue weighted by molar-refractivity contribution is 6.03. The van der Waals surface area contributed by atoms with E-state index >= 15 is 0 Å². The number of nitrogens with one attached hydrogen (secondary N) is 2. The molecule has 0 aliphatic carbocycles. The first kappa shape index (κ1) is 18.5. The Morgan fingerprint density at radius 1 is 0.828 bits per heavy atom. The lowest BCUT2D eigenvalue weighted by molar-refractivity contribution is -0.124. The Hall–Kier alpha value is -3.86. The zero-order chi connectivity index (χ0) is 20.1. The fourth-order valence-electron chi connectivity index (χ4n) is 3.15. The molecule has 0 saturated carbocycles. The van der Waals surface area contributed by atoms with E-state index < -0.39 is 6.04 Å². The third-order valence-corrected chi connectivity index (χ3v) is 4.64. The molecule has 1 heterocycles. The SMILES string of the molecule is O=C(NC(C(=O)Nc1ccccc1)c1ccccc1)C1=Cc2ccccc2OC1. The van der Waals surface area contributed by atoms with Gasteiger partial charge in [0.2, 0.25) is 0 Å². The molecule has 0 aromatic heterocycles. The summed E-state index contributed by atoms with van der Waals surface area (Å²) < 4.78 is 5.67. The molecule has 1 aliphatic heterocycles. The molecule has 3 aromatic carbocycles. The second-order valence-electron chi connectivity index (χ2n) is 6.67. The summed E-state index contributed by atoms with van der Waals surface area (Å²) >= 11 is 0. The van der Waals surface area contributed by atoms with Gasteiger partial charge in [0.05, 0.1) is 5.57 Å². The molecule has 1 unspecified atom stereocenters. The van der Waals surface area contributed by atoms with E-state index in [1.54, 1.807) is 18.2 Å². The molecule has 29 heavy (non-hydrogen) atoms. The first-order valence-corrected chi connectivity index (χ1v) is 9.35. The maximum Gasteiger partial charge on any atom is 0.251 e. The molecule has 1 atom stereocenters. The van der Waals surface area contributed by atoms with Crippen LogP contribution in [0.4, 0.5) is 5.69 Å². The zero-order valence-electron chi connectivity index (χ0n) is 15.7. The van der Waals surface area contributed by atoms with E-state index in [1.807, 2.05) is 72.8 Å². The molecule has 2 N–H and O–H groups in total. The number of para-hydroxylation sites is 2. The summed E-state index contributed by atoms with van der Waals surface area (Å²) in [7, 11) is 0. The first-order valence-electron chi connectivity index (χ1n) is 9.35. The van der Waals surface area contributed by atoms with Crippen molar-refractivity contribution in [1.29, 1.82) is 0 Å². The largest absolute Gasteiger partial charge is 0.488 e. The van der Waals surface area contributed by atoms with Gasteiger partial charge in [0.15, 0.2) is 0 Å². The van der Waals surface area contributed by atoms with Gasteiger partial charge in [-0.05, 0) is 29.8 Å². The molecule has 3 aromatic rings. The average molecular weight is 384 g/mol. The number of benzene rings is 3. The minimum atomic E-state index is -0.832. The van der Waals surface area contributed by atoms with Crippen molar-refractivity contribution < 1.29 is 14.3 Å². The van der Waals surface area contributed by atoms with Crippen LogP contribution in [-0.2, 0) is 9.59 Å². The number of hydrogen-bond acceptors (Lipinski definition) is 3. The summed E-state index contributed by atoms with van der Waals surface area (Å²) in [4.78, 5) is 25.9. The van der Waals surface area contributed by atoms with E-state index in [9.17, 15) is 9.59 Å². The number of carbonyl (C=O) groups excluding carboxylic acids is 2. The van der Waals surface area contributed by atoms with E-state index in [-0.39, 0.29) is 18.4 Å². The minimum absolute atomic E-state index is 0.157. The van der Waals surface area contributed by atoms with Gasteiger partial charge in [-0.3, -0.25) is 9.59 Å². The summed E-state index contributed by atoms with van der Waals surface area (Å²) in [5, 5.41) is 5.71. The lowest BCUT2D eigenvalue weighted by Crippen LogP contribution is -2.38. The molecule has 4 rings (SSSR count). The second kappa shape index (κ2) is 8.44. The van der Waals surface area contributed by atoms with Crippen LogP contribution >= 0.6 is 0 Å². The highest BCUT2D eigenvalue weighted by Crippen LogP contribution is 2.26. The second-order valence-corrected chi connectivity index (χ2v) is 6.67. The molecule has 5 nitrogen and oxygen atoms in total. The molecule has 1 aliphatic rings. The highest BCUT2D eigenvalue weighted by Gasteiger charge is 2.25. The summed E-state index contributed by atoms with van der Waals surface area (Å²) in [6.07, 6.45) is 1.80. The lowest BCUT2D eigenvalue weighted by Gasteiger charge is -2.22. The number of carbonyl (C=O) groups is 2. The van der Waals surface area contributed by atoms with Crippen LogP contribution in [0.5, 0.6) is 5.75 Å². The van der Waals surface area contributed by atoms with Crippen LogP contribution in [0.3, 0.4) is 0 Å². The number of rotatable bonds is 5. The predicted molar refractivity (Wildman–Crippen MR) is 112 cm³/mol. The third-order valence-electron chi connectivity index (χ3n) is 4.64. The van der Waals surface area contributed by atoms with Crippen molar-refractivity contribution in [2.24, 2.45) is 0 Å². The normalized spacial score (nSPS) is 13.3. The molecule has 0 spiro atoms. The van der Waals surface area contributed by atoms with E-state index in [0.29, 0.717) is 16.8 Å². The van der Waals surface area contributed by atoms with E-state index in [0.717, 1.165) is 11.3 Å². The third kappa shape index (κ3) is 4.35. The van der Waals surface area contributed by atoms with Crippen molar-refractivity contribution in [2.75, 3.05) is 11.9 Å². The summed E-state index contributed by atoms with van der Waals surface area (Å²) in [6, 6.07) is 25.0. The molecular weight excluding hydrogens is 364 g/mol. The van der Waals surface area contributed by atoms with Gasteiger partial charge in [0.1, 0.15) is 18.4 Å². The Kier molecular flexibility index (Phi) is 5.38. The number of fused-ring (bicyclic) bond motifs is 1. The van der Waals surface area contributed by atoms with Gasteiger partial charge in [-0.1, -0.05) is 66.7 Å². The quantitative estimate of drug-likeness (QED) is 0.700. The van der Waals surface area contributed by atoms with Crippen LogP contribution in [0.25, 0.3) is 6.08 Å². The van der Waals surface area contributed by atoms with Crippen LogP contribution in [0.2, 0.25) is 0 Å². The topological polar surface area (TPSA) is 67.4 Å². The minimum Gasteiger partial charge on any atom is -0.488 e. The lowest BCUT2D eigenvalue weighted by atomic mass is 10.0. The van der Waals surface area contributed by atoms with Crippen LogP contribution in [0, 0.1) is 0 Å². The fourth-order valence-corrected chi connectivity index (χ4v) is 3.15. The van der Waals surface area contributed by atoms with Crippen molar-refractivity contribution in [3.8, 4) is 5.75 Å². The Labute approximate surface area is 169 Å². The number of ether oxygens (including phenoxy) is 1. The summed E-state index contributed by atoms with van der Waals surface area (Å²) in [5.41, 5.74) is 2.68. The van der Waals surface area contributed by atoms with Gasteiger partial charge in [0.25, 0.3) is 11.8 Å². The molecule has 0 radical (unpaired) electrons. The van der Waals surface area contributed by atoms with Gasteiger partial charge < -0.3 is 15.4 Å². The molecule has 0 saturated heterocycles. The van der Waals surface area contributed by atoms with Gasteiger partial charge in [0, 0.05) is 11.3 Å². The van der Waals surface area contributed by atoms with Crippen molar-refractivity contribution in [3.63, 3.8) is 0 Å². The Bertz CT molecular complexity index is 1050. The number of hydrogen-bond donors (Lipinski definition) is 2. The molecule has 2 amide bonds. The number of amides is 2. The Balaban J connectivity index is 1.56. The van der Waals surface area contributed by atoms with Crippen LogP contribution in [0.1, 0.15) is 17.2 Å². The van der Waals surface area contributed by atoms with Crippen LogP contribution in [-0.4, -0.2) is 18.4 Å². The van der Waals surface area contributed by atoms with Gasteiger partial charge >= 0.3 is 0 Å². The van der Waals surface area contributed by atoms with Crippen LogP contribution in [0.15, 0.2) is 90.5 Å². The average Bonchev–Trinajstić information content (AvgIpc) is 2.78.